The second-order valence-electron chi connectivity index (χ2n) is 3.32. The molecule has 0 spiro atoms. The molecule has 1 heterocycles. The zero-order chi connectivity index (χ0) is 12.8. The van der Waals surface area contributed by atoms with Crippen molar-refractivity contribution in [1.29, 1.82) is 0 Å². The normalized spacial score (nSPS) is 10.9. The third-order valence-electron chi connectivity index (χ3n) is 2.08. The lowest BCUT2D eigenvalue weighted by atomic mass is 10.4. The van der Waals surface area contributed by atoms with Crippen LogP contribution in [0.25, 0.3) is 0 Å². The number of thioether (sulfide) groups is 1. The fourth-order valence-corrected chi connectivity index (χ4v) is 2.89. The van der Waals surface area contributed by atoms with Crippen LogP contribution in [0, 0.1) is 0 Å². The topological polar surface area (TPSA) is 32.3 Å². The van der Waals surface area contributed by atoms with Gasteiger partial charge in [-0.1, -0.05) is 11.8 Å². The summed E-state index contributed by atoms with van der Waals surface area (Å²) in [5.41, 5.74) is 0. The van der Waals surface area contributed by atoms with Gasteiger partial charge in [-0.15, -0.1) is 11.3 Å². The summed E-state index contributed by atoms with van der Waals surface area (Å²) < 4.78 is 24.6. The minimum atomic E-state index is -2.50. The number of hydrogen-bond acceptors (Lipinski definition) is 4. The van der Waals surface area contributed by atoms with Gasteiger partial charge in [0.15, 0.2) is 0 Å². The minimum Gasteiger partial charge on any atom is -0.340 e. The molecule has 0 atom stereocenters. The molecule has 0 saturated heterocycles. The molecule has 1 N–H and O–H groups in total. The molecule has 0 aliphatic rings. The first-order chi connectivity index (χ1) is 8.06. The van der Waals surface area contributed by atoms with Crippen molar-refractivity contribution in [3.8, 4) is 0 Å². The lowest BCUT2D eigenvalue weighted by Crippen LogP contribution is -2.32. The zero-order valence-corrected chi connectivity index (χ0v) is 11.2. The smallest absolute Gasteiger partial charge is 0.288 e. The lowest BCUT2D eigenvalue weighted by Gasteiger charge is -2.16. The third kappa shape index (κ3) is 4.25. The van der Waals surface area contributed by atoms with E-state index in [1.807, 2.05) is 0 Å². The van der Waals surface area contributed by atoms with Crippen LogP contribution in [0.5, 0.6) is 0 Å². The van der Waals surface area contributed by atoms with Crippen LogP contribution in [-0.2, 0) is 0 Å². The lowest BCUT2D eigenvalue weighted by molar-refractivity contribution is 0.0798. The fraction of sp³-hybridized carbons (Fsp3) is 0.500. The monoisotopic (exact) mass is 280 g/mol. The molecule has 1 amide bonds. The van der Waals surface area contributed by atoms with Crippen molar-refractivity contribution in [3.63, 3.8) is 0 Å². The van der Waals surface area contributed by atoms with Crippen molar-refractivity contribution < 1.29 is 13.6 Å². The summed E-state index contributed by atoms with van der Waals surface area (Å²) in [6, 6.07) is 1.56. The van der Waals surface area contributed by atoms with Crippen LogP contribution in [0.15, 0.2) is 16.3 Å². The average Bonchev–Trinajstić information content (AvgIpc) is 2.71. The number of nitrogens with zero attached hydrogens (tertiary/aromatic N) is 1. The SMILES string of the molecule is CNCCN(C)C(=O)c1sccc1SC(F)F. The van der Waals surface area contributed by atoms with E-state index in [0.29, 0.717) is 34.6 Å². The second kappa shape index (κ2) is 6.93. The van der Waals surface area contributed by atoms with Gasteiger partial charge in [-0.3, -0.25) is 4.79 Å². The molecule has 0 saturated carbocycles. The van der Waals surface area contributed by atoms with Gasteiger partial charge in [-0.05, 0) is 18.5 Å². The van der Waals surface area contributed by atoms with Gasteiger partial charge in [0, 0.05) is 25.0 Å². The Morgan fingerprint density at radius 3 is 2.94 bits per heavy atom. The van der Waals surface area contributed by atoms with Crippen molar-refractivity contribution in [2.45, 2.75) is 10.7 Å². The predicted molar refractivity (Wildman–Crippen MR) is 67.1 cm³/mol. The van der Waals surface area contributed by atoms with Crippen LogP contribution in [0.2, 0.25) is 0 Å². The molecule has 96 valence electrons. The molecular weight excluding hydrogens is 266 g/mol. The van der Waals surface area contributed by atoms with Crippen LogP contribution in [0.3, 0.4) is 0 Å². The van der Waals surface area contributed by atoms with Crippen LogP contribution < -0.4 is 5.32 Å². The largest absolute Gasteiger partial charge is 0.340 e. The Bertz CT molecular complexity index is 371. The number of rotatable bonds is 6. The molecule has 3 nitrogen and oxygen atoms in total. The van der Waals surface area contributed by atoms with Gasteiger partial charge in [-0.2, -0.15) is 8.78 Å². The second-order valence-corrected chi connectivity index (χ2v) is 5.27. The van der Waals surface area contributed by atoms with E-state index in [9.17, 15) is 13.6 Å². The number of carbonyl (C=O) groups is 1. The van der Waals surface area contributed by atoms with Gasteiger partial charge in [0.1, 0.15) is 4.88 Å². The molecule has 17 heavy (non-hydrogen) atoms. The number of amides is 1. The molecule has 1 aromatic rings. The summed E-state index contributed by atoms with van der Waals surface area (Å²) >= 11 is 1.61. The molecule has 0 unspecified atom stereocenters. The van der Waals surface area contributed by atoms with Crippen molar-refractivity contribution in [3.05, 3.63) is 16.3 Å². The highest BCUT2D eigenvalue weighted by molar-refractivity contribution is 7.99. The highest BCUT2D eigenvalue weighted by Crippen LogP contribution is 2.32. The summed E-state index contributed by atoms with van der Waals surface area (Å²) in [5, 5.41) is 4.59. The first-order valence-electron chi connectivity index (χ1n) is 4.98. The highest BCUT2D eigenvalue weighted by Gasteiger charge is 2.19. The van der Waals surface area contributed by atoms with E-state index in [-0.39, 0.29) is 5.91 Å². The van der Waals surface area contributed by atoms with Gasteiger partial charge >= 0.3 is 0 Å². The maximum atomic E-state index is 12.3. The Labute approximate surface area is 107 Å². The number of thiophene rings is 1. The van der Waals surface area contributed by atoms with E-state index in [4.69, 9.17) is 0 Å². The summed E-state index contributed by atoms with van der Waals surface area (Å²) in [5.74, 6) is -2.71. The number of hydrogen-bond donors (Lipinski definition) is 1. The van der Waals surface area contributed by atoms with Gasteiger partial charge in [0.05, 0.1) is 0 Å². The highest BCUT2D eigenvalue weighted by atomic mass is 32.2. The number of alkyl halides is 2. The standard InChI is InChI=1S/C10H14F2N2OS2/c1-13-4-5-14(2)9(15)8-7(3-6-16-8)17-10(11)12/h3,6,10,13H,4-5H2,1-2H3. The number of likely N-dealkylation sites (N-methyl/N-ethyl adjacent to an activating group) is 2. The molecule has 0 radical (unpaired) electrons. The van der Waals surface area contributed by atoms with Crippen molar-refractivity contribution >= 4 is 29.0 Å². The van der Waals surface area contributed by atoms with E-state index < -0.39 is 5.76 Å². The van der Waals surface area contributed by atoms with E-state index >= 15 is 0 Å². The molecule has 0 aromatic carbocycles. The van der Waals surface area contributed by atoms with Crippen molar-refractivity contribution in [2.24, 2.45) is 0 Å². The average molecular weight is 280 g/mol. The zero-order valence-electron chi connectivity index (χ0n) is 9.57. The van der Waals surface area contributed by atoms with Gasteiger partial charge < -0.3 is 10.2 Å². The van der Waals surface area contributed by atoms with Crippen molar-refractivity contribution in [1.82, 2.24) is 10.2 Å². The Hall–Kier alpha value is -0.660. The first kappa shape index (κ1) is 14.4. The molecule has 0 aliphatic heterocycles. The number of halogens is 2. The Balaban J connectivity index is 2.71. The van der Waals surface area contributed by atoms with Crippen LogP contribution in [-0.4, -0.2) is 43.7 Å². The summed E-state index contributed by atoms with van der Waals surface area (Å²) in [7, 11) is 3.46. The third-order valence-corrected chi connectivity index (χ3v) is 3.89. The van der Waals surface area contributed by atoms with Crippen LogP contribution in [0.4, 0.5) is 8.78 Å². The summed E-state index contributed by atoms with van der Waals surface area (Å²) in [6.45, 7) is 1.22. The van der Waals surface area contributed by atoms with Crippen LogP contribution in [0.1, 0.15) is 9.67 Å². The van der Waals surface area contributed by atoms with Gasteiger partial charge in [0.25, 0.3) is 11.7 Å². The Kier molecular flexibility index (Phi) is 5.87. The molecule has 0 fully saturated rings. The molecule has 0 bridgehead atoms. The Morgan fingerprint density at radius 2 is 2.35 bits per heavy atom. The van der Waals surface area contributed by atoms with E-state index in [1.165, 1.54) is 16.2 Å². The summed E-state index contributed by atoms with van der Waals surface area (Å²) in [6.07, 6.45) is 0. The van der Waals surface area contributed by atoms with Crippen LogP contribution >= 0.6 is 23.1 Å². The maximum Gasteiger partial charge on any atom is 0.288 e. The fourth-order valence-electron chi connectivity index (χ4n) is 1.20. The molecule has 1 rings (SSSR count). The quantitative estimate of drug-likeness (QED) is 0.812. The van der Waals surface area contributed by atoms with E-state index in [1.54, 1.807) is 25.5 Å². The number of carbonyl (C=O) groups excluding carboxylic acids is 1. The van der Waals surface area contributed by atoms with E-state index in [0.717, 1.165) is 0 Å². The predicted octanol–water partition coefficient (Wildman–Crippen LogP) is 2.35. The molecular formula is C10H14F2N2OS2. The van der Waals surface area contributed by atoms with E-state index in [2.05, 4.69) is 5.32 Å². The summed E-state index contributed by atoms with van der Waals surface area (Å²) in [4.78, 5) is 14.2. The molecule has 0 aliphatic carbocycles. The molecule has 7 heteroatoms. The van der Waals surface area contributed by atoms with Crippen molar-refractivity contribution in [2.75, 3.05) is 27.2 Å². The number of nitrogens with one attached hydrogen (secondary N) is 1. The maximum absolute atomic E-state index is 12.3. The van der Waals surface area contributed by atoms with Gasteiger partial charge in [-0.25, -0.2) is 0 Å². The van der Waals surface area contributed by atoms with Gasteiger partial charge in [0.2, 0.25) is 0 Å². The molecule has 1 aromatic heterocycles. The first-order valence-corrected chi connectivity index (χ1v) is 6.74. The Morgan fingerprint density at radius 1 is 1.65 bits per heavy atom. The minimum absolute atomic E-state index is 0.210.